The molecule has 0 atom stereocenters. The molecule has 2 aromatic carbocycles. The van der Waals surface area contributed by atoms with Crippen LogP contribution in [0, 0.1) is 0 Å². The van der Waals surface area contributed by atoms with Crippen LogP contribution in [0.5, 0.6) is 11.5 Å². The average Bonchev–Trinajstić information content (AvgIpc) is 2.52. The molecule has 0 aliphatic heterocycles. The van der Waals surface area contributed by atoms with E-state index in [4.69, 9.17) is 4.74 Å². The van der Waals surface area contributed by atoms with Gasteiger partial charge in [0.2, 0.25) is 0 Å². The second-order valence-electron chi connectivity index (χ2n) is 5.45. The summed E-state index contributed by atoms with van der Waals surface area (Å²) in [5, 5.41) is 0. The zero-order chi connectivity index (χ0) is 16.7. The van der Waals surface area contributed by atoms with Gasteiger partial charge in [-0.3, -0.25) is 4.55 Å². The molecule has 0 aliphatic carbocycles. The second kappa shape index (κ2) is 8.13. The predicted octanol–water partition coefficient (Wildman–Crippen LogP) is 4.85. The Morgan fingerprint density at radius 1 is 0.957 bits per heavy atom. The van der Waals surface area contributed by atoms with Crippen LogP contribution >= 0.6 is 0 Å². The van der Waals surface area contributed by atoms with Gasteiger partial charge in [-0.1, -0.05) is 56.5 Å². The minimum Gasteiger partial charge on any atom is -0.456 e. The molecule has 0 saturated carbocycles. The van der Waals surface area contributed by atoms with Crippen molar-refractivity contribution in [2.24, 2.45) is 0 Å². The van der Waals surface area contributed by atoms with Gasteiger partial charge in [-0.25, -0.2) is 0 Å². The molecule has 4 nitrogen and oxygen atoms in total. The van der Waals surface area contributed by atoms with Crippen LogP contribution in [0.1, 0.15) is 38.2 Å². The highest BCUT2D eigenvalue weighted by Crippen LogP contribution is 2.33. The molecule has 0 saturated heterocycles. The molecule has 0 heterocycles. The van der Waals surface area contributed by atoms with E-state index in [0.29, 0.717) is 12.2 Å². The quantitative estimate of drug-likeness (QED) is 0.554. The maximum Gasteiger partial charge on any atom is 0.298 e. The van der Waals surface area contributed by atoms with E-state index in [2.05, 4.69) is 6.92 Å². The van der Waals surface area contributed by atoms with Gasteiger partial charge in [-0.05, 0) is 36.6 Å². The number of hydrogen-bond acceptors (Lipinski definition) is 3. The van der Waals surface area contributed by atoms with Crippen molar-refractivity contribution in [1.29, 1.82) is 0 Å². The van der Waals surface area contributed by atoms with Gasteiger partial charge >= 0.3 is 0 Å². The zero-order valence-corrected chi connectivity index (χ0v) is 14.1. The lowest BCUT2D eigenvalue weighted by atomic mass is 10.1. The molecule has 0 amide bonds. The lowest BCUT2D eigenvalue weighted by Crippen LogP contribution is -2.04. The van der Waals surface area contributed by atoms with Crippen LogP contribution in [0.3, 0.4) is 0 Å². The summed E-state index contributed by atoms with van der Waals surface area (Å²) in [7, 11) is -4.34. The Hall–Kier alpha value is -1.85. The zero-order valence-electron chi connectivity index (χ0n) is 13.2. The molecule has 0 fully saturated rings. The molecule has 1 N–H and O–H groups in total. The summed E-state index contributed by atoms with van der Waals surface area (Å²) in [5.74, 6) is 0.760. The molecular weight excluding hydrogens is 312 g/mol. The number of benzene rings is 2. The maximum atomic E-state index is 11.6. The highest BCUT2D eigenvalue weighted by atomic mass is 32.2. The summed E-state index contributed by atoms with van der Waals surface area (Å²) in [4.78, 5) is -0.186. The van der Waals surface area contributed by atoms with Crippen LogP contribution in [0.4, 0.5) is 0 Å². The standard InChI is InChI=1S/C18H22O4S/c1-2-3-4-6-10-15-11-9-14-17(23(19,20)21)18(15)22-16-12-7-5-8-13-16/h5,7-9,11-14H,2-4,6,10H2,1H3,(H,19,20,21). The Labute approximate surface area is 137 Å². The number of ether oxygens (including phenoxy) is 1. The first-order valence-corrected chi connectivity index (χ1v) is 9.28. The average molecular weight is 334 g/mol. The van der Waals surface area contributed by atoms with Gasteiger partial charge in [-0.2, -0.15) is 8.42 Å². The van der Waals surface area contributed by atoms with Crippen molar-refractivity contribution >= 4 is 10.1 Å². The number of unbranched alkanes of at least 4 members (excludes halogenated alkanes) is 3. The Morgan fingerprint density at radius 3 is 2.35 bits per heavy atom. The molecule has 5 heteroatoms. The van der Waals surface area contributed by atoms with Crippen LogP contribution in [-0.2, 0) is 16.5 Å². The van der Waals surface area contributed by atoms with Gasteiger partial charge in [0.05, 0.1) is 0 Å². The van der Waals surface area contributed by atoms with Crippen molar-refractivity contribution in [2.75, 3.05) is 0 Å². The molecule has 124 valence electrons. The van der Waals surface area contributed by atoms with Gasteiger partial charge in [0.25, 0.3) is 10.1 Å². The lowest BCUT2D eigenvalue weighted by Gasteiger charge is -2.14. The summed E-state index contributed by atoms with van der Waals surface area (Å²) in [6, 6.07) is 13.8. The van der Waals surface area contributed by atoms with E-state index in [1.54, 1.807) is 18.2 Å². The summed E-state index contributed by atoms with van der Waals surface area (Å²) < 4.78 is 38.6. The molecular formula is C18H22O4S. The van der Waals surface area contributed by atoms with E-state index in [9.17, 15) is 13.0 Å². The topological polar surface area (TPSA) is 63.6 Å². The van der Waals surface area contributed by atoms with Crippen LogP contribution in [0.25, 0.3) is 0 Å². The fourth-order valence-corrected chi connectivity index (χ4v) is 3.08. The number of aryl methyl sites for hydroxylation is 1. The fourth-order valence-electron chi connectivity index (χ4n) is 2.43. The molecule has 0 bridgehead atoms. The van der Waals surface area contributed by atoms with Crippen molar-refractivity contribution in [3.63, 3.8) is 0 Å². The Bertz CT molecular complexity index is 724. The molecule has 23 heavy (non-hydrogen) atoms. The van der Waals surface area contributed by atoms with Crippen LogP contribution in [0.15, 0.2) is 53.4 Å². The first-order chi connectivity index (χ1) is 11.0. The van der Waals surface area contributed by atoms with Crippen LogP contribution in [-0.4, -0.2) is 13.0 Å². The van der Waals surface area contributed by atoms with Crippen molar-refractivity contribution in [3.05, 3.63) is 54.1 Å². The summed E-state index contributed by atoms with van der Waals surface area (Å²) in [6.07, 6.45) is 5.03. The Morgan fingerprint density at radius 2 is 1.70 bits per heavy atom. The van der Waals surface area contributed by atoms with Gasteiger partial charge in [0, 0.05) is 0 Å². The minimum atomic E-state index is -4.34. The predicted molar refractivity (Wildman–Crippen MR) is 90.6 cm³/mol. The smallest absolute Gasteiger partial charge is 0.298 e. The van der Waals surface area contributed by atoms with Crippen molar-refractivity contribution < 1.29 is 17.7 Å². The first kappa shape index (κ1) is 17.5. The van der Waals surface area contributed by atoms with E-state index in [0.717, 1.165) is 31.2 Å². The first-order valence-electron chi connectivity index (χ1n) is 7.84. The largest absolute Gasteiger partial charge is 0.456 e. The second-order valence-corrected chi connectivity index (χ2v) is 6.84. The van der Waals surface area contributed by atoms with E-state index >= 15 is 0 Å². The van der Waals surface area contributed by atoms with Crippen molar-refractivity contribution in [3.8, 4) is 11.5 Å². The molecule has 0 spiro atoms. The third kappa shape index (κ3) is 5.08. The van der Waals surface area contributed by atoms with Crippen molar-refractivity contribution in [1.82, 2.24) is 0 Å². The van der Waals surface area contributed by atoms with E-state index < -0.39 is 10.1 Å². The van der Waals surface area contributed by atoms with Gasteiger partial charge < -0.3 is 4.74 Å². The number of hydrogen-bond donors (Lipinski definition) is 1. The minimum absolute atomic E-state index is 0.186. The SMILES string of the molecule is CCCCCCc1cccc(S(=O)(=O)O)c1Oc1ccccc1. The molecule has 0 radical (unpaired) electrons. The monoisotopic (exact) mass is 334 g/mol. The third-order valence-electron chi connectivity index (χ3n) is 3.60. The van der Waals surface area contributed by atoms with E-state index in [-0.39, 0.29) is 10.6 Å². The van der Waals surface area contributed by atoms with Crippen LogP contribution in [0.2, 0.25) is 0 Å². The van der Waals surface area contributed by atoms with Crippen LogP contribution < -0.4 is 4.74 Å². The summed E-state index contributed by atoms with van der Waals surface area (Å²) >= 11 is 0. The van der Waals surface area contributed by atoms with E-state index in [1.807, 2.05) is 24.3 Å². The van der Waals surface area contributed by atoms with Gasteiger partial charge in [0.1, 0.15) is 10.6 Å². The highest BCUT2D eigenvalue weighted by molar-refractivity contribution is 7.86. The van der Waals surface area contributed by atoms with Gasteiger partial charge in [-0.15, -0.1) is 0 Å². The molecule has 2 aromatic rings. The lowest BCUT2D eigenvalue weighted by molar-refractivity contribution is 0.444. The van der Waals surface area contributed by atoms with E-state index in [1.165, 1.54) is 6.07 Å². The molecule has 0 aliphatic rings. The number of rotatable bonds is 8. The van der Waals surface area contributed by atoms with Crippen molar-refractivity contribution in [2.45, 2.75) is 43.9 Å². The maximum absolute atomic E-state index is 11.6. The summed E-state index contributed by atoms with van der Waals surface area (Å²) in [5.41, 5.74) is 0.792. The Kier molecular flexibility index (Phi) is 6.19. The fraction of sp³-hybridized carbons (Fsp3) is 0.333. The normalized spacial score (nSPS) is 11.4. The number of para-hydroxylation sites is 2. The summed E-state index contributed by atoms with van der Waals surface area (Å²) in [6.45, 7) is 2.14. The molecule has 0 unspecified atom stereocenters. The molecule has 2 rings (SSSR count). The highest BCUT2D eigenvalue weighted by Gasteiger charge is 2.20. The third-order valence-corrected chi connectivity index (χ3v) is 4.48. The van der Waals surface area contributed by atoms with Gasteiger partial charge in [0.15, 0.2) is 5.75 Å². The Balaban J connectivity index is 2.33. The molecule has 0 aromatic heterocycles.